The Morgan fingerprint density at radius 2 is 2.00 bits per heavy atom. The Kier molecular flexibility index (Phi) is 8.55. The molecule has 0 saturated carbocycles. The summed E-state index contributed by atoms with van der Waals surface area (Å²) in [6.45, 7) is 20.0. The smallest absolute Gasteiger partial charge is 0.410 e. The van der Waals surface area contributed by atoms with Crippen LogP contribution >= 0.6 is 15.9 Å². The number of likely N-dealkylation sites (tertiary alicyclic amines) is 1. The van der Waals surface area contributed by atoms with E-state index in [4.69, 9.17) is 19.4 Å². The number of halogens is 1. The molecule has 1 saturated heterocycles. The van der Waals surface area contributed by atoms with Gasteiger partial charge in [-0.3, -0.25) is 0 Å². The van der Waals surface area contributed by atoms with Crippen molar-refractivity contribution < 1.29 is 14.3 Å². The zero-order chi connectivity index (χ0) is 30.4. The minimum atomic E-state index is -1.19. The summed E-state index contributed by atoms with van der Waals surface area (Å²) >= 11 is 3.85. The van der Waals surface area contributed by atoms with Gasteiger partial charge in [0.1, 0.15) is 12.3 Å². The lowest BCUT2D eigenvalue weighted by Crippen LogP contribution is -2.47. The van der Waals surface area contributed by atoms with Crippen LogP contribution in [-0.2, 0) is 28.0 Å². The van der Waals surface area contributed by atoms with Gasteiger partial charge >= 0.3 is 6.09 Å². The van der Waals surface area contributed by atoms with Crippen LogP contribution in [0.1, 0.15) is 58.7 Å². The lowest BCUT2D eigenvalue weighted by Gasteiger charge is -2.35. The van der Waals surface area contributed by atoms with E-state index in [1.807, 2.05) is 27.0 Å². The molecule has 8 nitrogen and oxygen atoms in total. The molecule has 0 bridgehead atoms. The monoisotopic (exact) mass is 655 g/mol. The Balaban J connectivity index is 1.47. The average Bonchev–Trinajstić information content (AvgIpc) is 3.22. The third-order valence-electron chi connectivity index (χ3n) is 8.03. The number of anilines is 1. The van der Waals surface area contributed by atoms with Gasteiger partial charge in [-0.1, -0.05) is 45.6 Å². The van der Waals surface area contributed by atoms with Crippen LogP contribution in [0.2, 0.25) is 25.7 Å². The van der Waals surface area contributed by atoms with Crippen LogP contribution in [0.4, 0.5) is 10.7 Å². The third-order valence-corrected chi connectivity index (χ3v) is 10.4. The van der Waals surface area contributed by atoms with Gasteiger partial charge in [0.15, 0.2) is 0 Å². The molecule has 1 aromatic carbocycles. The molecule has 1 aliphatic heterocycles. The van der Waals surface area contributed by atoms with Gasteiger partial charge in [-0.2, -0.15) is 0 Å². The average molecular weight is 657 g/mol. The second kappa shape index (κ2) is 11.6. The van der Waals surface area contributed by atoms with Gasteiger partial charge in [-0.15, -0.1) is 0 Å². The van der Waals surface area contributed by atoms with Crippen molar-refractivity contribution >= 4 is 46.9 Å². The van der Waals surface area contributed by atoms with Crippen LogP contribution in [0.3, 0.4) is 0 Å². The van der Waals surface area contributed by atoms with Crippen LogP contribution in [0, 0.1) is 0 Å². The van der Waals surface area contributed by atoms with Crippen LogP contribution in [0.5, 0.6) is 0 Å². The highest BCUT2D eigenvalue weighted by Crippen LogP contribution is 2.48. The molecule has 42 heavy (non-hydrogen) atoms. The van der Waals surface area contributed by atoms with E-state index in [1.54, 1.807) is 4.90 Å². The van der Waals surface area contributed by atoms with Crippen LogP contribution in [0.25, 0.3) is 22.2 Å². The fraction of sp³-hybridized carbons (Fsp3) is 0.594. The number of hydrogen-bond acceptors (Lipinski definition) is 6. The quantitative estimate of drug-likeness (QED) is 0.206. The maximum atomic E-state index is 12.7. The number of nitrogens with one attached hydrogen (secondary N) is 1. The number of carbonyl (C=O) groups is 1. The number of nitrogens with zero attached hydrogens (tertiary/aromatic N) is 4. The zero-order valence-corrected chi connectivity index (χ0v) is 29.0. The van der Waals surface area contributed by atoms with Crippen LogP contribution in [-0.4, -0.2) is 64.9 Å². The molecule has 0 spiro atoms. The summed E-state index contributed by atoms with van der Waals surface area (Å²) in [6.07, 6.45) is 4.40. The molecule has 3 heterocycles. The van der Waals surface area contributed by atoms with Gasteiger partial charge in [-0.25, -0.2) is 14.8 Å². The SMILES string of the molecule is CC(C)(C)OC(=O)N1CCC[C@H](Nc2ncc3c(n2)-c2c(n(COCC[Si](C)(C)C)c4c(Br)cccc24)C(C)(C)C3)C1. The Morgan fingerprint density at radius 3 is 2.71 bits per heavy atom. The van der Waals surface area contributed by atoms with Gasteiger partial charge in [0.25, 0.3) is 0 Å². The van der Waals surface area contributed by atoms with E-state index in [0.717, 1.165) is 58.7 Å². The maximum Gasteiger partial charge on any atom is 0.410 e. The fourth-order valence-electron chi connectivity index (χ4n) is 6.12. The number of ether oxygens (including phenoxy) is 2. The molecule has 228 valence electrons. The highest BCUT2D eigenvalue weighted by Gasteiger charge is 2.38. The van der Waals surface area contributed by atoms with Crippen molar-refractivity contribution in [1.82, 2.24) is 19.4 Å². The van der Waals surface area contributed by atoms with Gasteiger partial charge < -0.3 is 24.3 Å². The first-order chi connectivity index (χ1) is 19.6. The molecule has 1 atom stereocenters. The Bertz CT molecular complexity index is 1470. The van der Waals surface area contributed by atoms with Crippen molar-refractivity contribution in [3.8, 4) is 11.3 Å². The molecule has 0 unspecified atom stereocenters. The lowest BCUT2D eigenvalue weighted by atomic mass is 9.75. The first-order valence-electron chi connectivity index (χ1n) is 15.1. The Morgan fingerprint density at radius 1 is 1.24 bits per heavy atom. The Hall–Kier alpha value is -2.43. The molecule has 5 rings (SSSR count). The van der Waals surface area contributed by atoms with Gasteiger partial charge in [0.2, 0.25) is 5.95 Å². The summed E-state index contributed by atoms with van der Waals surface area (Å²) in [6, 6.07) is 7.58. The van der Waals surface area contributed by atoms with Crippen LogP contribution < -0.4 is 5.32 Å². The molecule has 1 aliphatic carbocycles. The molecule has 1 fully saturated rings. The standard InChI is InChI=1S/C32H46BrN5O3Si/c1-31(2,3)41-30(39)37-14-10-11-22(19-37)35-29-34-18-21-17-32(4,5)28-25(26(21)36-29)23-12-9-13-24(33)27(23)38(28)20-40-15-16-42(6,7)8/h9,12-13,18,22H,10-11,14-17,19-20H2,1-8H3,(H,34,35,36)/t22-/m0/s1. The van der Waals surface area contributed by atoms with Crippen molar-refractivity contribution in [2.24, 2.45) is 0 Å². The number of hydrogen-bond donors (Lipinski definition) is 1. The van der Waals surface area contributed by atoms with E-state index < -0.39 is 13.7 Å². The highest BCUT2D eigenvalue weighted by atomic mass is 79.9. The van der Waals surface area contributed by atoms with E-state index in [-0.39, 0.29) is 17.6 Å². The molecule has 2 aliphatic rings. The molecule has 2 aromatic heterocycles. The second-order valence-corrected chi connectivity index (χ2v) is 21.1. The fourth-order valence-corrected chi connectivity index (χ4v) is 7.46. The van der Waals surface area contributed by atoms with Gasteiger partial charge in [0, 0.05) is 66.5 Å². The number of aromatic nitrogens is 3. The number of fused-ring (bicyclic) bond motifs is 5. The summed E-state index contributed by atoms with van der Waals surface area (Å²) in [4.78, 5) is 24.4. The van der Waals surface area contributed by atoms with E-state index in [0.29, 0.717) is 25.8 Å². The minimum absolute atomic E-state index is 0.0547. The maximum absolute atomic E-state index is 12.7. The topological polar surface area (TPSA) is 81.5 Å². The highest BCUT2D eigenvalue weighted by molar-refractivity contribution is 9.10. The molecular weight excluding hydrogens is 610 g/mol. The summed E-state index contributed by atoms with van der Waals surface area (Å²) in [5.74, 6) is 0.595. The predicted molar refractivity (Wildman–Crippen MR) is 176 cm³/mol. The van der Waals surface area contributed by atoms with E-state index >= 15 is 0 Å². The minimum Gasteiger partial charge on any atom is -0.444 e. The summed E-state index contributed by atoms with van der Waals surface area (Å²) < 4.78 is 15.4. The zero-order valence-electron chi connectivity index (χ0n) is 26.4. The number of para-hydroxylation sites is 1. The van der Waals surface area contributed by atoms with Gasteiger partial charge in [0.05, 0.1) is 11.2 Å². The summed E-state index contributed by atoms with van der Waals surface area (Å²) in [5, 5.41) is 4.71. The summed E-state index contributed by atoms with van der Waals surface area (Å²) in [5.41, 5.74) is 5.04. The largest absolute Gasteiger partial charge is 0.444 e. The van der Waals surface area contributed by atoms with Crippen LogP contribution in [0.15, 0.2) is 28.9 Å². The molecule has 10 heteroatoms. The Labute approximate surface area is 259 Å². The molecule has 1 amide bonds. The number of carbonyl (C=O) groups excluding carboxylic acids is 1. The number of benzene rings is 1. The van der Waals surface area contributed by atoms with Crippen molar-refractivity contribution in [3.63, 3.8) is 0 Å². The molecule has 3 aromatic rings. The molecular formula is C32H46BrN5O3Si. The lowest BCUT2D eigenvalue weighted by molar-refractivity contribution is 0.0206. The van der Waals surface area contributed by atoms with E-state index in [1.165, 1.54) is 11.1 Å². The van der Waals surface area contributed by atoms with E-state index in [2.05, 4.69) is 77.5 Å². The van der Waals surface area contributed by atoms with Crippen molar-refractivity contribution in [2.75, 3.05) is 25.0 Å². The van der Waals surface area contributed by atoms with E-state index in [9.17, 15) is 4.79 Å². The van der Waals surface area contributed by atoms with Crippen molar-refractivity contribution in [1.29, 1.82) is 0 Å². The third kappa shape index (κ3) is 6.70. The molecule has 1 N–H and O–H groups in total. The predicted octanol–water partition coefficient (Wildman–Crippen LogP) is 7.82. The number of rotatable bonds is 7. The number of piperidine rings is 1. The second-order valence-electron chi connectivity index (χ2n) is 14.7. The summed E-state index contributed by atoms with van der Waals surface area (Å²) in [7, 11) is -1.19. The first kappa shape index (κ1) is 31.0. The first-order valence-corrected chi connectivity index (χ1v) is 19.6. The molecule has 0 radical (unpaired) electrons. The normalized spacial score (nSPS) is 18.5. The van der Waals surface area contributed by atoms with Crippen molar-refractivity contribution in [3.05, 3.63) is 40.1 Å². The van der Waals surface area contributed by atoms with Crippen molar-refractivity contribution in [2.45, 2.75) is 103 Å². The van der Waals surface area contributed by atoms with Gasteiger partial charge in [-0.05, 0) is 73.6 Å². The number of amides is 1.